The molecule has 1 aliphatic rings. The normalized spacial score (nSPS) is 15.0. The van der Waals surface area contributed by atoms with Crippen LogP contribution in [0.5, 0.6) is 0 Å². The average molecular weight is 325 g/mol. The summed E-state index contributed by atoms with van der Waals surface area (Å²) in [5.74, 6) is 0.816. The summed E-state index contributed by atoms with van der Waals surface area (Å²) in [5.41, 5.74) is 2.93. The SMILES string of the molecule is C=CCNCc1ccc(C(C)C(=O)Nc2cc(C3CC3)[nH]n2)cn1. The summed E-state index contributed by atoms with van der Waals surface area (Å²) >= 11 is 0. The third kappa shape index (κ3) is 4.08. The number of pyridine rings is 1. The zero-order valence-electron chi connectivity index (χ0n) is 13.9. The van der Waals surface area contributed by atoms with E-state index in [0.29, 0.717) is 18.3 Å². The highest BCUT2D eigenvalue weighted by atomic mass is 16.1. The number of nitrogens with zero attached hydrogens (tertiary/aromatic N) is 2. The quantitative estimate of drug-likeness (QED) is 0.515. The van der Waals surface area contributed by atoms with Crippen molar-refractivity contribution in [3.8, 4) is 0 Å². The maximum absolute atomic E-state index is 12.4. The standard InChI is InChI=1S/C18H23N5O/c1-3-8-19-11-15-7-6-14(10-20-15)12(2)18(24)21-17-9-16(22-23-17)13-4-5-13/h3,6-7,9-10,12-13,19H,1,4-5,8,11H2,2H3,(H2,21,22,23,24). The van der Waals surface area contributed by atoms with E-state index >= 15 is 0 Å². The molecule has 2 aromatic heterocycles. The van der Waals surface area contributed by atoms with E-state index in [4.69, 9.17) is 0 Å². The number of H-pyrrole nitrogens is 1. The molecule has 0 bridgehead atoms. The van der Waals surface area contributed by atoms with Crippen LogP contribution in [-0.4, -0.2) is 27.6 Å². The van der Waals surface area contributed by atoms with Crippen LogP contribution in [0.2, 0.25) is 0 Å². The van der Waals surface area contributed by atoms with Crippen LogP contribution >= 0.6 is 0 Å². The minimum atomic E-state index is -0.284. The lowest BCUT2D eigenvalue weighted by atomic mass is 10.0. The van der Waals surface area contributed by atoms with E-state index in [1.165, 1.54) is 12.8 Å². The molecule has 1 unspecified atom stereocenters. The number of carbonyl (C=O) groups is 1. The van der Waals surface area contributed by atoms with Gasteiger partial charge in [-0.05, 0) is 31.4 Å². The first-order valence-corrected chi connectivity index (χ1v) is 8.30. The number of aromatic nitrogens is 3. The second-order valence-electron chi connectivity index (χ2n) is 6.20. The van der Waals surface area contributed by atoms with Crippen molar-refractivity contribution in [2.75, 3.05) is 11.9 Å². The molecule has 1 aliphatic carbocycles. The van der Waals surface area contributed by atoms with Crippen molar-refractivity contribution < 1.29 is 4.79 Å². The Labute approximate surface area is 141 Å². The van der Waals surface area contributed by atoms with E-state index in [9.17, 15) is 4.79 Å². The number of carbonyl (C=O) groups excluding carboxylic acids is 1. The molecule has 1 fully saturated rings. The molecule has 0 aromatic carbocycles. The second kappa shape index (κ2) is 7.40. The minimum absolute atomic E-state index is 0.0804. The molecule has 2 aromatic rings. The zero-order valence-corrected chi connectivity index (χ0v) is 13.9. The molecule has 24 heavy (non-hydrogen) atoms. The molecule has 0 spiro atoms. The van der Waals surface area contributed by atoms with Gasteiger partial charge in [0.25, 0.3) is 0 Å². The molecule has 3 rings (SSSR count). The maximum atomic E-state index is 12.4. The predicted octanol–water partition coefficient (Wildman–Crippen LogP) is 2.70. The van der Waals surface area contributed by atoms with E-state index in [0.717, 1.165) is 23.5 Å². The maximum Gasteiger partial charge on any atom is 0.232 e. The number of anilines is 1. The Balaban J connectivity index is 1.56. The number of hydrogen-bond acceptors (Lipinski definition) is 4. The Morgan fingerprint density at radius 2 is 2.33 bits per heavy atom. The third-order valence-corrected chi connectivity index (χ3v) is 4.20. The van der Waals surface area contributed by atoms with E-state index in [1.807, 2.05) is 31.2 Å². The third-order valence-electron chi connectivity index (χ3n) is 4.20. The summed E-state index contributed by atoms with van der Waals surface area (Å²) in [6, 6.07) is 5.81. The number of aromatic amines is 1. The number of nitrogens with one attached hydrogen (secondary N) is 3. The fourth-order valence-corrected chi connectivity index (χ4v) is 2.49. The largest absolute Gasteiger partial charge is 0.309 e. The monoisotopic (exact) mass is 325 g/mol. The van der Waals surface area contributed by atoms with Crippen LogP contribution in [0.3, 0.4) is 0 Å². The Kier molecular flexibility index (Phi) is 5.05. The highest BCUT2D eigenvalue weighted by Gasteiger charge is 2.26. The molecule has 1 atom stereocenters. The van der Waals surface area contributed by atoms with Crippen molar-refractivity contribution in [2.45, 2.75) is 38.1 Å². The van der Waals surface area contributed by atoms with Gasteiger partial charge < -0.3 is 10.6 Å². The molecule has 0 saturated heterocycles. The molecular weight excluding hydrogens is 302 g/mol. The minimum Gasteiger partial charge on any atom is -0.309 e. The second-order valence-corrected chi connectivity index (χ2v) is 6.20. The summed E-state index contributed by atoms with van der Waals surface area (Å²) in [5, 5.41) is 13.2. The van der Waals surface area contributed by atoms with Gasteiger partial charge in [0.05, 0.1) is 11.6 Å². The summed E-state index contributed by atoms with van der Waals surface area (Å²) in [6.45, 7) is 6.96. The van der Waals surface area contributed by atoms with E-state index in [1.54, 1.807) is 6.20 Å². The van der Waals surface area contributed by atoms with Crippen molar-refractivity contribution in [3.05, 3.63) is 54.0 Å². The van der Waals surface area contributed by atoms with Gasteiger partial charge in [0.15, 0.2) is 5.82 Å². The van der Waals surface area contributed by atoms with Crippen LogP contribution in [0.25, 0.3) is 0 Å². The predicted molar refractivity (Wildman–Crippen MR) is 93.7 cm³/mol. The van der Waals surface area contributed by atoms with Crippen molar-refractivity contribution in [3.63, 3.8) is 0 Å². The van der Waals surface area contributed by atoms with Gasteiger partial charge in [-0.1, -0.05) is 12.1 Å². The molecule has 3 N–H and O–H groups in total. The van der Waals surface area contributed by atoms with Gasteiger partial charge in [-0.25, -0.2) is 0 Å². The Bertz CT molecular complexity index is 702. The first-order valence-electron chi connectivity index (χ1n) is 8.30. The summed E-state index contributed by atoms with van der Waals surface area (Å²) < 4.78 is 0. The van der Waals surface area contributed by atoms with Crippen LogP contribution in [0.4, 0.5) is 5.82 Å². The zero-order chi connectivity index (χ0) is 16.9. The molecule has 1 saturated carbocycles. The molecule has 6 heteroatoms. The van der Waals surface area contributed by atoms with Crippen LogP contribution in [-0.2, 0) is 11.3 Å². The van der Waals surface area contributed by atoms with E-state index in [2.05, 4.69) is 32.4 Å². The number of amides is 1. The van der Waals surface area contributed by atoms with Crippen molar-refractivity contribution in [1.29, 1.82) is 0 Å². The van der Waals surface area contributed by atoms with Gasteiger partial charge >= 0.3 is 0 Å². The van der Waals surface area contributed by atoms with Gasteiger partial charge in [0.1, 0.15) is 0 Å². The first kappa shape index (κ1) is 16.4. The summed E-state index contributed by atoms with van der Waals surface area (Å²) in [6.07, 6.45) is 5.97. The smallest absolute Gasteiger partial charge is 0.232 e. The van der Waals surface area contributed by atoms with Gasteiger partial charge in [0, 0.05) is 37.0 Å². The van der Waals surface area contributed by atoms with E-state index < -0.39 is 0 Å². The van der Waals surface area contributed by atoms with E-state index in [-0.39, 0.29) is 11.8 Å². The number of rotatable bonds is 8. The Morgan fingerprint density at radius 3 is 3.00 bits per heavy atom. The lowest BCUT2D eigenvalue weighted by molar-refractivity contribution is -0.117. The molecular formula is C18H23N5O. The first-order chi connectivity index (χ1) is 11.7. The van der Waals surface area contributed by atoms with Gasteiger partial charge in [0.2, 0.25) is 5.91 Å². The van der Waals surface area contributed by atoms with Gasteiger partial charge in [-0.2, -0.15) is 5.10 Å². The Morgan fingerprint density at radius 1 is 1.50 bits per heavy atom. The molecule has 0 aliphatic heterocycles. The highest BCUT2D eigenvalue weighted by Crippen LogP contribution is 2.39. The van der Waals surface area contributed by atoms with Crippen molar-refractivity contribution >= 4 is 11.7 Å². The van der Waals surface area contributed by atoms with Crippen molar-refractivity contribution in [1.82, 2.24) is 20.5 Å². The molecule has 0 radical (unpaired) electrons. The molecule has 2 heterocycles. The van der Waals surface area contributed by atoms with Crippen molar-refractivity contribution in [2.24, 2.45) is 0 Å². The van der Waals surface area contributed by atoms with Crippen LogP contribution in [0.15, 0.2) is 37.1 Å². The lowest BCUT2D eigenvalue weighted by Gasteiger charge is -2.11. The molecule has 6 nitrogen and oxygen atoms in total. The summed E-state index contributed by atoms with van der Waals surface area (Å²) in [4.78, 5) is 16.8. The number of hydrogen-bond donors (Lipinski definition) is 3. The van der Waals surface area contributed by atoms with Crippen LogP contribution < -0.4 is 10.6 Å². The Hall–Kier alpha value is -2.47. The topological polar surface area (TPSA) is 82.7 Å². The van der Waals surface area contributed by atoms with Gasteiger partial charge in [-0.15, -0.1) is 6.58 Å². The fourth-order valence-electron chi connectivity index (χ4n) is 2.49. The molecule has 126 valence electrons. The lowest BCUT2D eigenvalue weighted by Crippen LogP contribution is -2.19. The fraction of sp³-hybridized carbons (Fsp3) is 0.389. The average Bonchev–Trinajstić information content (AvgIpc) is 3.35. The van der Waals surface area contributed by atoms with Crippen LogP contribution in [0.1, 0.15) is 48.6 Å². The van der Waals surface area contributed by atoms with Crippen LogP contribution in [0, 0.1) is 0 Å². The summed E-state index contributed by atoms with van der Waals surface area (Å²) in [7, 11) is 0. The van der Waals surface area contributed by atoms with Gasteiger partial charge in [-0.3, -0.25) is 14.9 Å². The molecule has 1 amide bonds. The highest BCUT2D eigenvalue weighted by molar-refractivity contribution is 5.94.